The Labute approximate surface area is 193 Å². The van der Waals surface area contributed by atoms with E-state index in [4.69, 9.17) is 5.26 Å². The summed E-state index contributed by atoms with van der Waals surface area (Å²) >= 11 is 0. The highest BCUT2D eigenvalue weighted by Gasteiger charge is 2.32. The van der Waals surface area contributed by atoms with Gasteiger partial charge in [0.25, 0.3) is 0 Å². The van der Waals surface area contributed by atoms with Crippen molar-refractivity contribution in [3.05, 3.63) is 89.5 Å². The molecule has 0 bridgehead atoms. The number of amides is 2. The lowest BCUT2D eigenvalue weighted by Gasteiger charge is -2.17. The van der Waals surface area contributed by atoms with Crippen LogP contribution in [0.5, 0.6) is 0 Å². The van der Waals surface area contributed by atoms with Gasteiger partial charge in [0.15, 0.2) is 0 Å². The van der Waals surface area contributed by atoms with Crippen LogP contribution in [-0.4, -0.2) is 38.9 Å². The molecule has 2 heterocycles. The van der Waals surface area contributed by atoms with E-state index >= 15 is 0 Å². The summed E-state index contributed by atoms with van der Waals surface area (Å²) in [4.78, 5) is 31.2. The van der Waals surface area contributed by atoms with Gasteiger partial charge in [-0.25, -0.2) is 4.98 Å². The van der Waals surface area contributed by atoms with Crippen LogP contribution in [-0.2, 0) is 29.1 Å². The van der Waals surface area contributed by atoms with Crippen LogP contribution in [0.15, 0.2) is 67.1 Å². The third-order valence-corrected chi connectivity index (χ3v) is 5.43. The summed E-state index contributed by atoms with van der Waals surface area (Å²) in [6, 6.07) is 18.8. The first-order chi connectivity index (χ1) is 15.1. The fourth-order valence-electron chi connectivity index (χ4n) is 3.76. The number of halogens is 1. The van der Waals surface area contributed by atoms with Crippen molar-refractivity contribution in [2.75, 3.05) is 6.54 Å². The molecule has 0 spiro atoms. The van der Waals surface area contributed by atoms with Gasteiger partial charge < -0.3 is 14.8 Å². The zero-order chi connectivity index (χ0) is 21.6. The summed E-state index contributed by atoms with van der Waals surface area (Å²) in [5, 5.41) is 11.8. The maximum Gasteiger partial charge on any atom is 0.245 e. The number of benzene rings is 2. The number of likely N-dealkylation sites (tertiary alicyclic amines) is 1. The van der Waals surface area contributed by atoms with Gasteiger partial charge in [0.2, 0.25) is 11.8 Å². The minimum Gasteiger partial charge on any atom is -0.344 e. The van der Waals surface area contributed by atoms with Crippen LogP contribution >= 0.6 is 12.4 Å². The molecule has 1 aliphatic heterocycles. The molecule has 1 saturated heterocycles. The zero-order valence-electron chi connectivity index (χ0n) is 17.5. The Morgan fingerprint density at radius 3 is 2.53 bits per heavy atom. The van der Waals surface area contributed by atoms with Crippen molar-refractivity contribution < 1.29 is 9.59 Å². The van der Waals surface area contributed by atoms with E-state index in [0.717, 1.165) is 16.8 Å². The predicted octanol–water partition coefficient (Wildman–Crippen LogP) is 2.68. The summed E-state index contributed by atoms with van der Waals surface area (Å²) in [6.07, 6.45) is 4.12. The molecule has 0 saturated carbocycles. The second-order valence-corrected chi connectivity index (χ2v) is 7.65. The normalized spacial score (nSPS) is 15.2. The van der Waals surface area contributed by atoms with Gasteiger partial charge in [-0.1, -0.05) is 42.5 Å². The Morgan fingerprint density at radius 2 is 1.81 bits per heavy atom. The largest absolute Gasteiger partial charge is 0.344 e. The molecule has 1 fully saturated rings. The Bertz CT molecular complexity index is 1110. The van der Waals surface area contributed by atoms with Gasteiger partial charge >= 0.3 is 0 Å². The van der Waals surface area contributed by atoms with Gasteiger partial charge in [0.05, 0.1) is 24.4 Å². The molecule has 1 N–H and O–H groups in total. The number of nitrogens with zero attached hydrogens (tertiary/aromatic N) is 4. The van der Waals surface area contributed by atoms with E-state index in [1.54, 1.807) is 29.6 Å². The molecule has 32 heavy (non-hydrogen) atoms. The number of aromatic nitrogens is 2. The van der Waals surface area contributed by atoms with E-state index in [2.05, 4.69) is 16.4 Å². The Kier molecular flexibility index (Phi) is 7.63. The fourth-order valence-corrected chi connectivity index (χ4v) is 3.76. The van der Waals surface area contributed by atoms with Gasteiger partial charge in [0, 0.05) is 31.5 Å². The lowest BCUT2D eigenvalue weighted by Crippen LogP contribution is -2.42. The lowest BCUT2D eigenvalue weighted by atomic mass is 10.1. The van der Waals surface area contributed by atoms with Crippen molar-refractivity contribution in [2.45, 2.75) is 32.0 Å². The predicted molar refractivity (Wildman–Crippen MR) is 122 cm³/mol. The van der Waals surface area contributed by atoms with E-state index in [1.165, 1.54) is 0 Å². The van der Waals surface area contributed by atoms with Crippen LogP contribution in [0.25, 0.3) is 0 Å². The van der Waals surface area contributed by atoms with Crippen LogP contribution in [0.3, 0.4) is 0 Å². The smallest absolute Gasteiger partial charge is 0.245 e. The average Bonchev–Trinajstić information content (AvgIpc) is 3.36. The summed E-state index contributed by atoms with van der Waals surface area (Å²) in [5.74, 6) is -0.232. The monoisotopic (exact) mass is 449 g/mol. The van der Waals surface area contributed by atoms with Crippen LogP contribution in [0.4, 0.5) is 0 Å². The standard InChI is InChI=1S/C24H23N5O2.ClH/c25-13-18-6-8-20(9-7-18)16-29-17-26-14-21(29)12-23(30)27-22-10-11-28(24(22)31)15-19-4-2-1-3-5-19;/h1-9,14,17,22H,10-12,15-16H2,(H,27,30);1H. The number of nitrogens with one attached hydrogen (secondary N) is 1. The van der Waals surface area contributed by atoms with E-state index in [0.29, 0.717) is 31.6 Å². The van der Waals surface area contributed by atoms with Gasteiger partial charge in [0.1, 0.15) is 6.04 Å². The molecule has 4 rings (SSSR count). The second-order valence-electron chi connectivity index (χ2n) is 7.65. The molecule has 3 aromatic rings. The molecule has 2 amide bonds. The third kappa shape index (κ3) is 5.54. The molecule has 2 aromatic carbocycles. The maximum atomic E-state index is 12.7. The van der Waals surface area contributed by atoms with Crippen molar-refractivity contribution in [3.63, 3.8) is 0 Å². The number of rotatable bonds is 7. The third-order valence-electron chi connectivity index (χ3n) is 5.43. The number of carbonyl (C=O) groups excluding carboxylic acids is 2. The highest BCUT2D eigenvalue weighted by Crippen LogP contribution is 2.16. The number of nitriles is 1. The molecule has 1 aromatic heterocycles. The molecule has 1 atom stereocenters. The van der Waals surface area contributed by atoms with Crippen molar-refractivity contribution >= 4 is 24.2 Å². The van der Waals surface area contributed by atoms with Crippen molar-refractivity contribution in [2.24, 2.45) is 0 Å². The zero-order valence-corrected chi connectivity index (χ0v) is 18.3. The first kappa shape index (κ1) is 23.0. The van der Waals surface area contributed by atoms with E-state index < -0.39 is 6.04 Å². The Balaban J connectivity index is 0.00000289. The highest BCUT2D eigenvalue weighted by atomic mass is 35.5. The van der Waals surface area contributed by atoms with Crippen LogP contribution in [0, 0.1) is 11.3 Å². The van der Waals surface area contributed by atoms with Crippen LogP contribution < -0.4 is 5.32 Å². The molecule has 7 nitrogen and oxygen atoms in total. The SMILES string of the molecule is Cl.N#Cc1ccc(Cn2cncc2CC(=O)NC2CCN(Cc3ccccc3)C2=O)cc1. The minimum absolute atomic E-state index is 0. The summed E-state index contributed by atoms with van der Waals surface area (Å²) < 4.78 is 1.90. The first-order valence-corrected chi connectivity index (χ1v) is 10.2. The Hall–Kier alpha value is -3.63. The molecule has 8 heteroatoms. The second kappa shape index (κ2) is 10.6. The molecule has 0 aliphatic carbocycles. The Morgan fingerprint density at radius 1 is 1.09 bits per heavy atom. The average molecular weight is 450 g/mol. The van der Waals surface area contributed by atoms with E-state index in [-0.39, 0.29) is 30.6 Å². The van der Waals surface area contributed by atoms with E-state index in [9.17, 15) is 9.59 Å². The molecular weight excluding hydrogens is 426 g/mol. The molecule has 164 valence electrons. The van der Waals surface area contributed by atoms with Gasteiger partial charge in [-0.3, -0.25) is 9.59 Å². The first-order valence-electron chi connectivity index (χ1n) is 10.2. The highest BCUT2D eigenvalue weighted by molar-refractivity contribution is 5.89. The van der Waals surface area contributed by atoms with Crippen molar-refractivity contribution in [3.8, 4) is 6.07 Å². The lowest BCUT2D eigenvalue weighted by molar-refractivity contribution is -0.132. The van der Waals surface area contributed by atoms with Crippen LogP contribution in [0.2, 0.25) is 0 Å². The fraction of sp³-hybridized carbons (Fsp3) is 0.250. The topological polar surface area (TPSA) is 91.0 Å². The maximum absolute atomic E-state index is 12.7. The number of carbonyl (C=O) groups is 2. The molecule has 1 unspecified atom stereocenters. The minimum atomic E-state index is -0.480. The quantitative estimate of drug-likeness (QED) is 0.600. The van der Waals surface area contributed by atoms with Gasteiger partial charge in [-0.05, 0) is 29.7 Å². The number of imidazole rings is 1. The summed E-state index contributed by atoms with van der Waals surface area (Å²) in [6.45, 7) is 1.75. The van der Waals surface area contributed by atoms with Crippen molar-refractivity contribution in [1.29, 1.82) is 5.26 Å². The van der Waals surface area contributed by atoms with Gasteiger partial charge in [-0.2, -0.15) is 5.26 Å². The van der Waals surface area contributed by atoms with Gasteiger partial charge in [-0.15, -0.1) is 12.4 Å². The number of hydrogen-bond acceptors (Lipinski definition) is 4. The van der Waals surface area contributed by atoms with Crippen molar-refractivity contribution in [1.82, 2.24) is 19.8 Å². The molecule has 1 aliphatic rings. The number of hydrogen-bond donors (Lipinski definition) is 1. The van der Waals surface area contributed by atoms with E-state index in [1.807, 2.05) is 47.0 Å². The molecule has 0 radical (unpaired) electrons. The summed E-state index contributed by atoms with van der Waals surface area (Å²) in [5.41, 5.74) is 3.47. The van der Waals surface area contributed by atoms with Crippen LogP contribution in [0.1, 0.15) is 28.8 Å². The summed E-state index contributed by atoms with van der Waals surface area (Å²) in [7, 11) is 0. The molecular formula is C24H24ClN5O2.